The van der Waals surface area contributed by atoms with Crippen LogP contribution in [0.3, 0.4) is 0 Å². The first-order chi connectivity index (χ1) is 13.6. The number of unbranched alkanes of at least 4 members (excludes halogenated alkanes) is 2. The van der Waals surface area contributed by atoms with Crippen LogP contribution in [0.2, 0.25) is 0 Å². The summed E-state index contributed by atoms with van der Waals surface area (Å²) in [5.41, 5.74) is 2.72. The van der Waals surface area contributed by atoms with Gasteiger partial charge in [-0.05, 0) is 70.9 Å². The predicted octanol–water partition coefficient (Wildman–Crippen LogP) is 5.22. The maximum Gasteiger partial charge on any atom is 0.339 e. The molecule has 0 aromatic heterocycles. The van der Waals surface area contributed by atoms with E-state index < -0.39 is 17.7 Å². The molecule has 6 nitrogen and oxygen atoms in total. The van der Waals surface area contributed by atoms with Crippen LogP contribution in [0.5, 0.6) is 11.5 Å². The van der Waals surface area contributed by atoms with E-state index in [1.165, 1.54) is 11.6 Å². The molecule has 0 amide bonds. The highest BCUT2D eigenvalue weighted by molar-refractivity contribution is 5.93. The summed E-state index contributed by atoms with van der Waals surface area (Å²) < 4.78 is 0. The number of phenolic OH excluding ortho intramolecular Hbond substituents is 1. The molecule has 0 heterocycles. The molecule has 1 aromatic rings. The fourth-order valence-corrected chi connectivity index (χ4v) is 3.12. The lowest BCUT2D eigenvalue weighted by molar-refractivity contribution is -0.137. The maximum atomic E-state index is 11.7. The summed E-state index contributed by atoms with van der Waals surface area (Å²) >= 11 is 0. The number of hydrogen-bond donors (Lipinski definition) is 4. The standard InChI is InChI=1S/C23H32O6/c1-15(2)8-7-9-16(3)12-13-18-19(24)14-17(21(22(18)27)23(28)29)10-5-4-6-11-20(25)26/h8,12,14,24,27H,4-7,9-11,13H2,1-3H3,(H,25,26)(H,28,29). The van der Waals surface area contributed by atoms with Gasteiger partial charge in [0.2, 0.25) is 0 Å². The van der Waals surface area contributed by atoms with Gasteiger partial charge in [0.1, 0.15) is 17.1 Å². The fourth-order valence-electron chi connectivity index (χ4n) is 3.12. The second-order valence-corrected chi connectivity index (χ2v) is 7.59. The van der Waals surface area contributed by atoms with Gasteiger partial charge < -0.3 is 20.4 Å². The van der Waals surface area contributed by atoms with Gasteiger partial charge in [-0.1, -0.05) is 29.7 Å². The monoisotopic (exact) mass is 404 g/mol. The van der Waals surface area contributed by atoms with Gasteiger partial charge in [0.05, 0.1) is 0 Å². The highest BCUT2D eigenvalue weighted by atomic mass is 16.4. The molecule has 0 aliphatic rings. The molecule has 0 bridgehead atoms. The number of carboxylic acids is 2. The zero-order valence-electron chi connectivity index (χ0n) is 17.5. The van der Waals surface area contributed by atoms with Crippen molar-refractivity contribution in [2.45, 2.75) is 72.1 Å². The number of allylic oxidation sites excluding steroid dienone is 4. The molecule has 0 saturated carbocycles. The minimum atomic E-state index is -1.24. The number of aliphatic carboxylic acids is 1. The highest BCUT2D eigenvalue weighted by Crippen LogP contribution is 2.35. The van der Waals surface area contributed by atoms with Crippen LogP contribution in [-0.4, -0.2) is 32.4 Å². The third kappa shape index (κ3) is 8.42. The molecule has 1 aromatic carbocycles. The summed E-state index contributed by atoms with van der Waals surface area (Å²) in [7, 11) is 0. The number of hydrogen-bond acceptors (Lipinski definition) is 4. The van der Waals surface area contributed by atoms with Crippen molar-refractivity contribution >= 4 is 11.9 Å². The van der Waals surface area contributed by atoms with E-state index in [1.807, 2.05) is 26.8 Å². The second kappa shape index (κ2) is 11.9. The van der Waals surface area contributed by atoms with E-state index in [1.54, 1.807) is 0 Å². The number of aromatic carboxylic acids is 1. The Morgan fingerprint density at radius 2 is 1.66 bits per heavy atom. The lowest BCUT2D eigenvalue weighted by Gasteiger charge is -2.14. The van der Waals surface area contributed by atoms with Crippen LogP contribution in [0.4, 0.5) is 0 Å². The molecule has 0 atom stereocenters. The molecule has 0 saturated heterocycles. The molecule has 4 N–H and O–H groups in total. The topological polar surface area (TPSA) is 115 Å². The average Bonchev–Trinajstić information content (AvgIpc) is 2.59. The molecule has 0 fully saturated rings. The Kier molecular flexibility index (Phi) is 10.00. The average molecular weight is 405 g/mol. The van der Waals surface area contributed by atoms with Crippen molar-refractivity contribution < 1.29 is 30.0 Å². The van der Waals surface area contributed by atoms with Crippen molar-refractivity contribution in [3.05, 3.63) is 46.1 Å². The summed E-state index contributed by atoms with van der Waals surface area (Å²) in [5.74, 6) is -2.62. The third-order valence-corrected chi connectivity index (χ3v) is 4.76. The van der Waals surface area contributed by atoms with Gasteiger partial charge in [-0.15, -0.1) is 0 Å². The van der Waals surface area contributed by atoms with E-state index >= 15 is 0 Å². The number of phenols is 2. The lowest BCUT2D eigenvalue weighted by Crippen LogP contribution is -2.06. The Bertz CT molecular complexity index is 785. The van der Waals surface area contributed by atoms with Crippen molar-refractivity contribution in [2.75, 3.05) is 0 Å². The van der Waals surface area contributed by atoms with E-state index in [-0.39, 0.29) is 29.7 Å². The van der Waals surface area contributed by atoms with Crippen molar-refractivity contribution in [3.63, 3.8) is 0 Å². The first kappa shape index (κ1) is 24.3. The second-order valence-electron chi connectivity index (χ2n) is 7.59. The van der Waals surface area contributed by atoms with Crippen LogP contribution in [0.25, 0.3) is 0 Å². The fraction of sp³-hybridized carbons (Fsp3) is 0.478. The van der Waals surface area contributed by atoms with Gasteiger partial charge >= 0.3 is 11.9 Å². The van der Waals surface area contributed by atoms with Crippen LogP contribution in [0, 0.1) is 0 Å². The van der Waals surface area contributed by atoms with Crippen LogP contribution in [0.1, 0.15) is 80.8 Å². The number of rotatable bonds is 12. The SMILES string of the molecule is CC(C)=CCCC(C)=CCc1c(O)cc(CCCCCC(=O)O)c(C(=O)O)c1O. The van der Waals surface area contributed by atoms with Gasteiger partial charge in [-0.2, -0.15) is 0 Å². The zero-order valence-corrected chi connectivity index (χ0v) is 17.5. The van der Waals surface area contributed by atoms with Crippen molar-refractivity contribution in [3.8, 4) is 11.5 Å². The molecule has 0 aliphatic heterocycles. The quantitative estimate of drug-likeness (QED) is 0.280. The number of carboxylic acid groups (broad SMARTS) is 2. The van der Waals surface area contributed by atoms with E-state index in [4.69, 9.17) is 5.11 Å². The van der Waals surface area contributed by atoms with E-state index in [0.29, 0.717) is 31.2 Å². The zero-order chi connectivity index (χ0) is 22.0. The summed E-state index contributed by atoms with van der Waals surface area (Å²) in [5, 5.41) is 39.0. The molecule has 0 unspecified atom stereocenters. The number of benzene rings is 1. The molecule has 6 heteroatoms. The summed E-state index contributed by atoms with van der Waals surface area (Å²) in [4.78, 5) is 22.2. The van der Waals surface area contributed by atoms with Gasteiger partial charge in [0, 0.05) is 12.0 Å². The van der Waals surface area contributed by atoms with Crippen molar-refractivity contribution in [1.29, 1.82) is 0 Å². The Morgan fingerprint density at radius 1 is 0.966 bits per heavy atom. The summed E-state index contributed by atoms with van der Waals surface area (Å²) in [6.07, 6.45) is 8.17. The number of carbonyl (C=O) groups is 2. The van der Waals surface area contributed by atoms with Gasteiger partial charge in [0.15, 0.2) is 0 Å². The van der Waals surface area contributed by atoms with Crippen LogP contribution in [0.15, 0.2) is 29.4 Å². The maximum absolute atomic E-state index is 11.7. The molecule has 0 radical (unpaired) electrons. The van der Waals surface area contributed by atoms with Crippen LogP contribution < -0.4 is 0 Å². The minimum absolute atomic E-state index is 0.0700. The first-order valence-electron chi connectivity index (χ1n) is 9.94. The number of aryl methyl sites for hydroxylation is 1. The molecule has 160 valence electrons. The van der Waals surface area contributed by atoms with Crippen molar-refractivity contribution in [1.82, 2.24) is 0 Å². The Labute approximate surface area is 172 Å². The first-order valence-corrected chi connectivity index (χ1v) is 9.94. The Morgan fingerprint density at radius 3 is 2.24 bits per heavy atom. The summed E-state index contributed by atoms with van der Waals surface area (Å²) in [6.45, 7) is 6.04. The van der Waals surface area contributed by atoms with E-state index in [9.17, 15) is 24.9 Å². The van der Waals surface area contributed by atoms with Gasteiger partial charge in [0.25, 0.3) is 0 Å². The van der Waals surface area contributed by atoms with Crippen LogP contribution >= 0.6 is 0 Å². The third-order valence-electron chi connectivity index (χ3n) is 4.76. The van der Waals surface area contributed by atoms with Gasteiger partial charge in [-0.3, -0.25) is 4.79 Å². The minimum Gasteiger partial charge on any atom is -0.508 e. The Hall–Kier alpha value is -2.76. The molecular formula is C23H32O6. The smallest absolute Gasteiger partial charge is 0.339 e. The molecule has 29 heavy (non-hydrogen) atoms. The molecule has 0 spiro atoms. The van der Waals surface area contributed by atoms with Gasteiger partial charge in [-0.25, -0.2) is 4.79 Å². The predicted molar refractivity (Wildman–Crippen MR) is 113 cm³/mol. The molecule has 1 rings (SSSR count). The molecular weight excluding hydrogens is 372 g/mol. The molecule has 0 aliphatic carbocycles. The summed E-state index contributed by atoms with van der Waals surface area (Å²) in [6, 6.07) is 1.40. The van der Waals surface area contributed by atoms with Crippen LogP contribution in [-0.2, 0) is 17.6 Å². The van der Waals surface area contributed by atoms with Crippen molar-refractivity contribution in [2.24, 2.45) is 0 Å². The number of aromatic hydroxyl groups is 2. The normalized spacial score (nSPS) is 11.3. The Balaban J connectivity index is 2.93. The highest BCUT2D eigenvalue weighted by Gasteiger charge is 2.21. The van der Waals surface area contributed by atoms with E-state index in [0.717, 1.165) is 18.4 Å². The largest absolute Gasteiger partial charge is 0.508 e. The van der Waals surface area contributed by atoms with E-state index in [2.05, 4.69) is 6.08 Å². The lowest BCUT2D eigenvalue weighted by atomic mass is 9.94.